The first kappa shape index (κ1) is 15.1. The van der Waals surface area contributed by atoms with Gasteiger partial charge in [-0.3, -0.25) is 4.79 Å². The SMILES string of the molecule is CC1CCCCC1NC(=O)[C@@H](N)Cc1c[nH]c2ccccc12. The minimum absolute atomic E-state index is 0.0240. The molecule has 1 fully saturated rings. The van der Waals surface area contributed by atoms with Crippen LogP contribution in [0.4, 0.5) is 0 Å². The van der Waals surface area contributed by atoms with Crippen molar-refractivity contribution in [1.29, 1.82) is 0 Å². The number of amides is 1. The third-order valence-corrected chi connectivity index (χ3v) is 4.89. The summed E-state index contributed by atoms with van der Waals surface area (Å²) in [6.07, 6.45) is 7.27. The van der Waals surface area contributed by atoms with Crippen molar-refractivity contribution in [1.82, 2.24) is 10.3 Å². The molecule has 1 amide bonds. The lowest BCUT2D eigenvalue weighted by atomic mass is 9.85. The van der Waals surface area contributed by atoms with Gasteiger partial charge >= 0.3 is 0 Å². The second-order valence-electron chi connectivity index (χ2n) is 6.55. The minimum atomic E-state index is -0.492. The van der Waals surface area contributed by atoms with Crippen LogP contribution in [0.25, 0.3) is 10.9 Å². The molecule has 3 atom stereocenters. The molecule has 0 radical (unpaired) electrons. The summed E-state index contributed by atoms with van der Waals surface area (Å²) in [5.74, 6) is 0.530. The number of carbonyl (C=O) groups excluding carboxylic acids is 1. The van der Waals surface area contributed by atoms with Crippen LogP contribution in [0.5, 0.6) is 0 Å². The number of hydrogen-bond acceptors (Lipinski definition) is 2. The predicted octanol–water partition coefficient (Wildman–Crippen LogP) is 2.73. The van der Waals surface area contributed by atoms with Crippen LogP contribution in [-0.2, 0) is 11.2 Å². The molecule has 0 spiro atoms. The van der Waals surface area contributed by atoms with Crippen molar-refractivity contribution in [2.24, 2.45) is 11.7 Å². The van der Waals surface area contributed by atoms with Gasteiger partial charge in [0.2, 0.25) is 5.91 Å². The van der Waals surface area contributed by atoms with E-state index in [2.05, 4.69) is 23.3 Å². The van der Waals surface area contributed by atoms with E-state index in [9.17, 15) is 4.79 Å². The number of aromatic nitrogens is 1. The van der Waals surface area contributed by atoms with E-state index in [-0.39, 0.29) is 11.9 Å². The van der Waals surface area contributed by atoms with E-state index in [0.29, 0.717) is 12.3 Å². The summed E-state index contributed by atoms with van der Waals surface area (Å²) >= 11 is 0. The molecule has 1 aliphatic rings. The number of nitrogens with two attached hydrogens (primary N) is 1. The summed E-state index contributed by atoms with van der Waals surface area (Å²) in [4.78, 5) is 15.6. The predicted molar refractivity (Wildman–Crippen MR) is 89.5 cm³/mol. The summed E-state index contributed by atoms with van der Waals surface area (Å²) in [5.41, 5.74) is 8.33. The Morgan fingerprint density at radius 1 is 1.36 bits per heavy atom. The Kier molecular flexibility index (Phi) is 4.48. The molecule has 2 aromatic rings. The van der Waals surface area contributed by atoms with Crippen molar-refractivity contribution < 1.29 is 4.79 Å². The first-order chi connectivity index (χ1) is 10.6. The van der Waals surface area contributed by atoms with Crippen LogP contribution in [0.15, 0.2) is 30.5 Å². The monoisotopic (exact) mass is 299 g/mol. The maximum absolute atomic E-state index is 12.4. The molecule has 0 bridgehead atoms. The zero-order chi connectivity index (χ0) is 15.5. The fourth-order valence-electron chi connectivity index (χ4n) is 3.45. The smallest absolute Gasteiger partial charge is 0.237 e. The van der Waals surface area contributed by atoms with Crippen LogP contribution >= 0.6 is 0 Å². The van der Waals surface area contributed by atoms with Crippen molar-refractivity contribution in [2.45, 2.75) is 51.1 Å². The van der Waals surface area contributed by atoms with E-state index >= 15 is 0 Å². The number of hydrogen-bond donors (Lipinski definition) is 3. The molecular formula is C18H25N3O. The highest BCUT2D eigenvalue weighted by Gasteiger charge is 2.25. The Labute approximate surface area is 131 Å². The third kappa shape index (κ3) is 3.17. The number of carbonyl (C=O) groups is 1. The van der Waals surface area contributed by atoms with Crippen molar-refractivity contribution in [3.63, 3.8) is 0 Å². The van der Waals surface area contributed by atoms with Crippen LogP contribution < -0.4 is 11.1 Å². The summed E-state index contributed by atoms with van der Waals surface area (Å²) in [6.45, 7) is 2.22. The van der Waals surface area contributed by atoms with Crippen LogP contribution in [0.3, 0.4) is 0 Å². The maximum atomic E-state index is 12.4. The Bertz CT molecular complexity index is 649. The molecule has 1 aliphatic carbocycles. The molecule has 0 aliphatic heterocycles. The Balaban J connectivity index is 1.63. The highest BCUT2D eigenvalue weighted by molar-refractivity contribution is 5.86. The lowest BCUT2D eigenvalue weighted by molar-refractivity contribution is -0.123. The first-order valence-corrected chi connectivity index (χ1v) is 8.26. The van der Waals surface area contributed by atoms with Gasteiger partial charge in [-0.1, -0.05) is 38.0 Å². The van der Waals surface area contributed by atoms with Gasteiger partial charge < -0.3 is 16.0 Å². The van der Waals surface area contributed by atoms with E-state index < -0.39 is 6.04 Å². The highest BCUT2D eigenvalue weighted by atomic mass is 16.2. The standard InChI is InChI=1S/C18H25N3O/c1-12-6-2-4-8-16(12)21-18(22)15(19)10-13-11-20-17-9-5-3-7-14(13)17/h3,5,7,9,11-12,15-16,20H,2,4,6,8,10,19H2,1H3,(H,21,22)/t12?,15-,16?/m0/s1. The lowest BCUT2D eigenvalue weighted by Crippen LogP contribution is -2.49. The van der Waals surface area contributed by atoms with Crippen molar-refractivity contribution in [2.75, 3.05) is 0 Å². The van der Waals surface area contributed by atoms with E-state index in [1.807, 2.05) is 24.4 Å². The maximum Gasteiger partial charge on any atom is 0.237 e. The molecule has 1 saturated carbocycles. The highest BCUT2D eigenvalue weighted by Crippen LogP contribution is 2.24. The van der Waals surface area contributed by atoms with Gasteiger partial charge in [0.25, 0.3) is 0 Å². The van der Waals surface area contributed by atoms with Crippen LogP contribution in [0.2, 0.25) is 0 Å². The molecule has 3 rings (SSSR count). The Morgan fingerprint density at radius 2 is 2.14 bits per heavy atom. The van der Waals surface area contributed by atoms with Gasteiger partial charge in [0.15, 0.2) is 0 Å². The van der Waals surface area contributed by atoms with Crippen LogP contribution in [-0.4, -0.2) is 23.0 Å². The average molecular weight is 299 g/mol. The zero-order valence-electron chi connectivity index (χ0n) is 13.1. The molecule has 1 heterocycles. The van der Waals surface area contributed by atoms with Crippen molar-refractivity contribution >= 4 is 16.8 Å². The average Bonchev–Trinajstić information content (AvgIpc) is 2.93. The quantitative estimate of drug-likeness (QED) is 0.812. The minimum Gasteiger partial charge on any atom is -0.361 e. The van der Waals surface area contributed by atoms with E-state index in [1.54, 1.807) is 0 Å². The number of nitrogens with one attached hydrogen (secondary N) is 2. The van der Waals surface area contributed by atoms with E-state index in [4.69, 9.17) is 5.73 Å². The van der Waals surface area contributed by atoms with Gasteiger partial charge in [-0.2, -0.15) is 0 Å². The van der Waals surface area contributed by atoms with Gasteiger partial charge in [0.1, 0.15) is 0 Å². The summed E-state index contributed by atoms with van der Waals surface area (Å²) in [5, 5.41) is 4.30. The number of para-hydroxylation sites is 1. The van der Waals surface area contributed by atoms with Gasteiger partial charge in [0, 0.05) is 23.1 Å². The first-order valence-electron chi connectivity index (χ1n) is 8.26. The fraction of sp³-hybridized carbons (Fsp3) is 0.500. The second-order valence-corrected chi connectivity index (χ2v) is 6.55. The molecule has 0 saturated heterocycles. The van der Waals surface area contributed by atoms with Gasteiger partial charge in [-0.25, -0.2) is 0 Å². The molecule has 4 heteroatoms. The second kappa shape index (κ2) is 6.53. The molecule has 2 unspecified atom stereocenters. The fourth-order valence-corrected chi connectivity index (χ4v) is 3.45. The number of benzene rings is 1. The molecule has 1 aromatic carbocycles. The van der Waals surface area contributed by atoms with Crippen LogP contribution in [0, 0.1) is 5.92 Å². The van der Waals surface area contributed by atoms with Gasteiger partial charge in [-0.05, 0) is 36.8 Å². The van der Waals surface area contributed by atoms with E-state index in [0.717, 1.165) is 22.9 Å². The molecule has 22 heavy (non-hydrogen) atoms. The van der Waals surface area contributed by atoms with Crippen molar-refractivity contribution in [3.8, 4) is 0 Å². The number of fused-ring (bicyclic) bond motifs is 1. The third-order valence-electron chi connectivity index (χ3n) is 4.89. The van der Waals surface area contributed by atoms with Gasteiger partial charge in [0.05, 0.1) is 6.04 Å². The molecule has 4 N–H and O–H groups in total. The molecule has 118 valence electrons. The number of aromatic amines is 1. The topological polar surface area (TPSA) is 70.9 Å². The number of rotatable bonds is 4. The Morgan fingerprint density at radius 3 is 2.95 bits per heavy atom. The van der Waals surface area contributed by atoms with Gasteiger partial charge in [-0.15, -0.1) is 0 Å². The summed E-state index contributed by atoms with van der Waals surface area (Å²) < 4.78 is 0. The summed E-state index contributed by atoms with van der Waals surface area (Å²) in [7, 11) is 0. The normalized spacial score (nSPS) is 23.4. The number of H-pyrrole nitrogens is 1. The van der Waals surface area contributed by atoms with E-state index in [1.165, 1.54) is 19.3 Å². The summed E-state index contributed by atoms with van der Waals surface area (Å²) in [6, 6.07) is 7.90. The zero-order valence-corrected chi connectivity index (χ0v) is 13.1. The van der Waals surface area contributed by atoms with Crippen LogP contribution in [0.1, 0.15) is 38.2 Å². The Hall–Kier alpha value is -1.81. The molecule has 1 aromatic heterocycles. The largest absolute Gasteiger partial charge is 0.361 e. The van der Waals surface area contributed by atoms with Crippen molar-refractivity contribution in [3.05, 3.63) is 36.0 Å². The molecular weight excluding hydrogens is 274 g/mol. The lowest BCUT2D eigenvalue weighted by Gasteiger charge is -2.30. The molecule has 4 nitrogen and oxygen atoms in total.